The third-order valence-corrected chi connectivity index (χ3v) is 0. The van der Waals surface area contributed by atoms with E-state index < -0.39 is 11.0 Å². The fourth-order valence-electron chi connectivity index (χ4n) is 0. The Labute approximate surface area is 94.3 Å². The van der Waals surface area contributed by atoms with E-state index in [0.29, 0.717) is 0 Å². The van der Waals surface area contributed by atoms with Crippen LogP contribution in [-0.4, -0.2) is 28.7 Å². The SMILES string of the molecule is O=C([O-])[O-].[Li+].[Li+].[Li][C](F)(F)F. The molecule has 0 atom stereocenters. The van der Waals surface area contributed by atoms with Crippen molar-refractivity contribution in [3.8, 4) is 0 Å². The van der Waals surface area contributed by atoms with E-state index in [1.807, 2.05) is 0 Å². The van der Waals surface area contributed by atoms with E-state index >= 15 is 0 Å². The van der Waals surface area contributed by atoms with E-state index in [1.54, 1.807) is 0 Å². The fraction of sp³-hybridized carbons (Fsp3) is 0.500. The zero-order chi connectivity index (χ0) is 8.08. The van der Waals surface area contributed by atoms with Crippen molar-refractivity contribution in [2.24, 2.45) is 0 Å². The Morgan fingerprint density at radius 1 is 1.18 bits per heavy atom. The molecule has 0 amide bonds. The predicted molar refractivity (Wildman–Crippen MR) is 17.2 cm³/mol. The molecule has 0 heterocycles. The molecule has 3 nitrogen and oxygen atoms in total. The molecule has 0 fully saturated rings. The molecule has 0 saturated carbocycles. The van der Waals surface area contributed by atoms with E-state index in [9.17, 15) is 13.2 Å². The van der Waals surface area contributed by atoms with Crippen molar-refractivity contribution < 1.29 is 65.9 Å². The van der Waals surface area contributed by atoms with Crippen LogP contribution in [0.1, 0.15) is 0 Å². The number of rotatable bonds is 0. The second-order valence-corrected chi connectivity index (χ2v) is 1.03. The standard InChI is InChI=1S/CF3.CH2O3.3Li/c2*2-1(3)4;;;/h;(H2,2,3,4);;;/q;;;2*+1/p-2. The number of hydrogen-bond donors (Lipinski definition) is 0. The molecule has 0 aliphatic carbocycles. The molecule has 0 radical (unpaired) electrons. The molecule has 0 bridgehead atoms. The molecule has 9 heteroatoms. The summed E-state index contributed by atoms with van der Waals surface area (Å²) in [7, 11) is 0. The van der Waals surface area contributed by atoms with Gasteiger partial charge in [-0.3, -0.25) is 0 Å². The second kappa shape index (κ2) is 10.9. The van der Waals surface area contributed by atoms with Crippen molar-refractivity contribution in [2.45, 2.75) is 4.85 Å². The number of alkyl halides is 3. The first kappa shape index (κ1) is 22.6. The molecule has 0 aromatic rings. The molecule has 0 saturated heterocycles. The minimum atomic E-state index is -4.00. The molecule has 0 aromatic carbocycles. The van der Waals surface area contributed by atoms with Gasteiger partial charge in [-0.1, -0.05) is 0 Å². The van der Waals surface area contributed by atoms with E-state index in [4.69, 9.17) is 15.0 Å². The van der Waals surface area contributed by atoms with Crippen molar-refractivity contribution in [3.63, 3.8) is 0 Å². The van der Waals surface area contributed by atoms with Crippen molar-refractivity contribution in [2.75, 3.05) is 0 Å². The van der Waals surface area contributed by atoms with Gasteiger partial charge >= 0.3 is 73.5 Å². The topological polar surface area (TPSA) is 63.2 Å². The molecule has 0 spiro atoms. The van der Waals surface area contributed by atoms with Gasteiger partial charge in [-0.15, -0.1) is 0 Å². The zero-order valence-corrected chi connectivity index (χ0v) is 6.36. The average molecular weight is 150 g/mol. The molecular weight excluding hydrogens is 150 g/mol. The van der Waals surface area contributed by atoms with Gasteiger partial charge in [-0.2, -0.15) is 0 Å². The average Bonchev–Trinajstić information content (AvgIpc) is 1.19. The van der Waals surface area contributed by atoms with Gasteiger partial charge in [0.15, 0.2) is 0 Å². The molecule has 0 aromatic heterocycles. The minimum absolute atomic E-state index is 0. The van der Waals surface area contributed by atoms with Crippen molar-refractivity contribution in [1.82, 2.24) is 0 Å². The van der Waals surface area contributed by atoms with Crippen molar-refractivity contribution in [1.29, 1.82) is 0 Å². The van der Waals surface area contributed by atoms with Gasteiger partial charge in [0.25, 0.3) is 0 Å². The van der Waals surface area contributed by atoms with Crippen molar-refractivity contribution >= 4 is 23.9 Å². The maximum absolute atomic E-state index is 10.4. The van der Waals surface area contributed by atoms with Crippen LogP contribution >= 0.6 is 0 Å². The number of halogens is 3. The first-order valence-electron chi connectivity index (χ1n) is 1.68. The van der Waals surface area contributed by atoms with Gasteiger partial charge in [0.2, 0.25) is 0 Å². The van der Waals surface area contributed by atoms with Gasteiger partial charge in [0, 0.05) is 0 Å². The summed E-state index contributed by atoms with van der Waals surface area (Å²) in [5.74, 6) is 0. The first-order chi connectivity index (χ1) is 3.73. The molecule has 0 unspecified atom stereocenters. The zero-order valence-electron chi connectivity index (χ0n) is 6.36. The summed E-state index contributed by atoms with van der Waals surface area (Å²) in [6.45, 7) is 0. The molecule has 11 heavy (non-hydrogen) atoms. The van der Waals surface area contributed by atoms with Gasteiger partial charge in [0.05, 0.1) is 0 Å². The number of carbonyl (C=O) groups is 1. The summed E-state index contributed by atoms with van der Waals surface area (Å²) in [6.07, 6.45) is -2.33. The van der Waals surface area contributed by atoms with Gasteiger partial charge in [-0.05, 0) is 6.16 Å². The molecule has 0 aliphatic rings. The summed E-state index contributed by atoms with van der Waals surface area (Å²) >= 11 is 0.188. The monoisotopic (exact) mass is 150 g/mol. The van der Waals surface area contributed by atoms with Crippen molar-refractivity contribution in [3.05, 3.63) is 0 Å². The van der Waals surface area contributed by atoms with Crippen LogP contribution in [0.15, 0.2) is 0 Å². The number of carbonyl (C=O) groups excluding carboxylic acids is 1. The van der Waals surface area contributed by atoms with E-state index in [1.165, 1.54) is 0 Å². The van der Waals surface area contributed by atoms with Gasteiger partial charge < -0.3 is 15.0 Å². The molecule has 0 aliphatic heterocycles. The van der Waals surface area contributed by atoms with E-state index in [2.05, 4.69) is 0 Å². The quantitative estimate of drug-likeness (QED) is 0.322. The van der Waals surface area contributed by atoms with Crippen LogP contribution in [-0.2, 0) is 0 Å². The third kappa shape index (κ3) is 1170. The predicted octanol–water partition coefficient (Wildman–Crippen LogP) is -7.76. The van der Waals surface area contributed by atoms with E-state index in [-0.39, 0.29) is 55.4 Å². The fourth-order valence-corrected chi connectivity index (χ4v) is 0. The number of hydrogen-bond acceptors (Lipinski definition) is 3. The van der Waals surface area contributed by atoms with Crippen LogP contribution in [0, 0.1) is 0 Å². The van der Waals surface area contributed by atoms with Gasteiger partial charge in [0.1, 0.15) is 0 Å². The Balaban J connectivity index is -0.0000000383. The van der Waals surface area contributed by atoms with Crippen LogP contribution in [0.25, 0.3) is 0 Å². The van der Waals surface area contributed by atoms with Crippen LogP contribution in [0.2, 0.25) is 0 Å². The number of carboxylic acid groups (broad SMARTS) is 2. The Morgan fingerprint density at radius 3 is 1.18 bits per heavy atom. The van der Waals surface area contributed by atoms with Crippen LogP contribution in [0.5, 0.6) is 0 Å². The molecule has 50 valence electrons. The molecule has 0 N–H and O–H groups in total. The van der Waals surface area contributed by atoms with Crippen LogP contribution < -0.4 is 47.9 Å². The van der Waals surface area contributed by atoms with Gasteiger partial charge in [-0.25, -0.2) is 0 Å². The second-order valence-electron chi connectivity index (χ2n) is 1.03. The summed E-state index contributed by atoms with van der Waals surface area (Å²) in [5, 5.41) is 16.7. The maximum atomic E-state index is 10.4. The third-order valence-electron chi connectivity index (χ3n) is 0. The summed E-state index contributed by atoms with van der Waals surface area (Å²) < 4.78 is 31.1. The molecular formula is C2F3Li3O3. The van der Waals surface area contributed by atoms with Crippen LogP contribution in [0.4, 0.5) is 18.0 Å². The Hall–Kier alpha value is 0.852. The molecule has 0 rings (SSSR count). The Kier molecular flexibility index (Phi) is 22.3. The summed E-state index contributed by atoms with van der Waals surface area (Å²) in [4.78, 5) is 4.33. The Morgan fingerprint density at radius 2 is 1.18 bits per heavy atom. The normalized spacial score (nSPS) is 7.73. The summed E-state index contributed by atoms with van der Waals surface area (Å²) in [5.41, 5.74) is 0. The Bertz CT molecular complexity index is 84.3. The van der Waals surface area contributed by atoms with E-state index in [0.717, 1.165) is 0 Å². The summed E-state index contributed by atoms with van der Waals surface area (Å²) in [6, 6.07) is 0. The first-order valence-corrected chi connectivity index (χ1v) is 1.68. The van der Waals surface area contributed by atoms with Crippen LogP contribution in [0.3, 0.4) is 0 Å².